The van der Waals surface area contributed by atoms with Crippen molar-refractivity contribution in [1.29, 1.82) is 0 Å². The molecule has 0 aliphatic rings. The lowest BCUT2D eigenvalue weighted by molar-refractivity contribution is 1.21. The van der Waals surface area contributed by atoms with Gasteiger partial charge < -0.3 is 5.73 Å². The van der Waals surface area contributed by atoms with Gasteiger partial charge in [0.2, 0.25) is 0 Å². The molecule has 0 aliphatic heterocycles. The number of hydrogen-bond acceptors (Lipinski definition) is 3. The molecule has 0 fully saturated rings. The summed E-state index contributed by atoms with van der Waals surface area (Å²) < 4.78 is 0. The number of pyridine rings is 2. The molecule has 0 atom stereocenters. The highest BCUT2D eigenvalue weighted by atomic mass is 14.8. The van der Waals surface area contributed by atoms with Gasteiger partial charge in [-0.05, 0) is 31.2 Å². The minimum atomic E-state index is 0.715. The van der Waals surface area contributed by atoms with Crippen molar-refractivity contribution in [2.45, 2.75) is 6.92 Å². The average Bonchev–Trinajstić information content (AvgIpc) is 2.41. The quantitative estimate of drug-likeness (QED) is 0.704. The van der Waals surface area contributed by atoms with E-state index in [0.717, 1.165) is 27.9 Å². The summed E-state index contributed by atoms with van der Waals surface area (Å²) >= 11 is 0. The Morgan fingerprint density at radius 3 is 2.72 bits per heavy atom. The number of fused-ring (bicyclic) bond motifs is 1. The van der Waals surface area contributed by atoms with Crippen molar-refractivity contribution in [1.82, 2.24) is 9.97 Å². The lowest BCUT2D eigenvalue weighted by Gasteiger charge is -2.05. The molecule has 3 aromatic rings. The largest absolute Gasteiger partial charge is 0.397 e. The molecule has 3 heteroatoms. The predicted octanol–water partition coefficient (Wildman–Crippen LogP) is 3.19. The Morgan fingerprint density at radius 2 is 1.89 bits per heavy atom. The van der Waals surface area contributed by atoms with E-state index in [1.165, 1.54) is 0 Å². The third-order valence-electron chi connectivity index (χ3n) is 3.01. The van der Waals surface area contributed by atoms with Crippen molar-refractivity contribution in [2.24, 2.45) is 0 Å². The minimum absolute atomic E-state index is 0.715. The van der Waals surface area contributed by atoms with Crippen molar-refractivity contribution in [2.75, 3.05) is 5.73 Å². The number of rotatable bonds is 1. The standard InChI is InChI=1S/C15H13N3/c1-10-13(16)6-7-15(18-10)12-8-11-4-2-3-5-14(11)17-9-12/h2-9H,16H2,1H3. The first kappa shape index (κ1) is 10.7. The van der Waals surface area contributed by atoms with E-state index in [1.807, 2.05) is 43.5 Å². The zero-order chi connectivity index (χ0) is 12.5. The molecule has 1 aromatic carbocycles. The van der Waals surface area contributed by atoms with Crippen molar-refractivity contribution in [3.05, 3.63) is 54.4 Å². The average molecular weight is 235 g/mol. The van der Waals surface area contributed by atoms with Gasteiger partial charge >= 0.3 is 0 Å². The molecule has 0 saturated carbocycles. The molecule has 3 nitrogen and oxygen atoms in total. The fourth-order valence-electron chi connectivity index (χ4n) is 1.94. The van der Waals surface area contributed by atoms with Gasteiger partial charge in [0.25, 0.3) is 0 Å². The van der Waals surface area contributed by atoms with Gasteiger partial charge in [-0.1, -0.05) is 18.2 Å². The number of nitrogens with zero attached hydrogens (tertiary/aromatic N) is 2. The predicted molar refractivity (Wildman–Crippen MR) is 74.1 cm³/mol. The summed E-state index contributed by atoms with van der Waals surface area (Å²) in [6.45, 7) is 1.91. The molecule has 0 amide bonds. The molecule has 2 N–H and O–H groups in total. The van der Waals surface area contributed by atoms with Gasteiger partial charge in [0, 0.05) is 17.1 Å². The fraction of sp³-hybridized carbons (Fsp3) is 0.0667. The highest BCUT2D eigenvalue weighted by molar-refractivity contribution is 5.82. The van der Waals surface area contributed by atoms with Crippen LogP contribution in [0.3, 0.4) is 0 Å². The van der Waals surface area contributed by atoms with Crippen LogP contribution in [0.5, 0.6) is 0 Å². The fourth-order valence-corrected chi connectivity index (χ4v) is 1.94. The van der Waals surface area contributed by atoms with E-state index in [1.54, 1.807) is 0 Å². The van der Waals surface area contributed by atoms with Crippen LogP contribution < -0.4 is 5.73 Å². The van der Waals surface area contributed by atoms with E-state index < -0.39 is 0 Å². The number of aryl methyl sites for hydroxylation is 1. The Morgan fingerprint density at radius 1 is 1.06 bits per heavy atom. The Balaban J connectivity index is 2.16. The Hall–Kier alpha value is -2.42. The molecule has 0 saturated heterocycles. The molecule has 18 heavy (non-hydrogen) atoms. The molecule has 0 bridgehead atoms. The second-order valence-corrected chi connectivity index (χ2v) is 4.29. The van der Waals surface area contributed by atoms with Gasteiger partial charge in [-0.3, -0.25) is 9.97 Å². The highest BCUT2D eigenvalue weighted by Gasteiger charge is 2.03. The first-order valence-corrected chi connectivity index (χ1v) is 5.82. The summed E-state index contributed by atoms with van der Waals surface area (Å²) in [4.78, 5) is 8.92. The third kappa shape index (κ3) is 1.80. The van der Waals surface area contributed by atoms with Crippen molar-refractivity contribution in [3.63, 3.8) is 0 Å². The van der Waals surface area contributed by atoms with Crippen molar-refractivity contribution in [3.8, 4) is 11.3 Å². The number of anilines is 1. The van der Waals surface area contributed by atoms with E-state index in [4.69, 9.17) is 5.73 Å². The van der Waals surface area contributed by atoms with E-state index in [9.17, 15) is 0 Å². The van der Waals surface area contributed by atoms with Crippen LogP contribution in [-0.4, -0.2) is 9.97 Å². The molecule has 0 spiro atoms. The molecule has 0 radical (unpaired) electrons. The number of benzene rings is 1. The summed E-state index contributed by atoms with van der Waals surface area (Å²) in [6.07, 6.45) is 1.85. The second kappa shape index (κ2) is 4.11. The van der Waals surface area contributed by atoms with Crippen molar-refractivity contribution >= 4 is 16.6 Å². The van der Waals surface area contributed by atoms with Crippen LogP contribution in [0.4, 0.5) is 5.69 Å². The van der Waals surface area contributed by atoms with Gasteiger partial charge in [0.1, 0.15) is 0 Å². The Bertz CT molecular complexity index is 720. The first-order valence-electron chi connectivity index (χ1n) is 5.82. The van der Waals surface area contributed by atoms with Crippen LogP contribution in [0, 0.1) is 6.92 Å². The maximum atomic E-state index is 5.78. The van der Waals surface area contributed by atoms with Crippen LogP contribution in [0.15, 0.2) is 48.7 Å². The highest BCUT2D eigenvalue weighted by Crippen LogP contribution is 2.22. The SMILES string of the molecule is Cc1nc(-c2cnc3ccccc3c2)ccc1N. The summed E-state index contributed by atoms with van der Waals surface area (Å²) in [6, 6.07) is 14.0. The minimum Gasteiger partial charge on any atom is -0.397 e. The lowest BCUT2D eigenvalue weighted by atomic mass is 10.1. The molecule has 2 heterocycles. The van der Waals surface area contributed by atoms with Crippen LogP contribution >= 0.6 is 0 Å². The monoisotopic (exact) mass is 235 g/mol. The van der Waals surface area contributed by atoms with Crippen LogP contribution in [0.2, 0.25) is 0 Å². The molecule has 0 unspecified atom stereocenters. The Labute approximate surface area is 105 Å². The summed E-state index contributed by atoms with van der Waals surface area (Å²) in [5.41, 5.74) is 10.2. The second-order valence-electron chi connectivity index (χ2n) is 4.29. The van der Waals surface area contributed by atoms with Crippen LogP contribution in [-0.2, 0) is 0 Å². The molecular formula is C15H13N3. The van der Waals surface area contributed by atoms with Gasteiger partial charge in [0.15, 0.2) is 0 Å². The van der Waals surface area contributed by atoms with Gasteiger partial charge in [-0.2, -0.15) is 0 Å². The molecule has 0 aliphatic carbocycles. The topological polar surface area (TPSA) is 51.8 Å². The normalized spacial score (nSPS) is 10.7. The van der Waals surface area contributed by atoms with Crippen LogP contribution in [0.25, 0.3) is 22.2 Å². The lowest BCUT2D eigenvalue weighted by Crippen LogP contribution is -1.94. The Kier molecular flexibility index (Phi) is 2.45. The zero-order valence-corrected chi connectivity index (χ0v) is 10.1. The number of aromatic nitrogens is 2. The molecule has 3 rings (SSSR count). The number of para-hydroxylation sites is 1. The summed E-state index contributed by atoms with van der Waals surface area (Å²) in [5.74, 6) is 0. The van der Waals surface area contributed by atoms with E-state index in [2.05, 4.69) is 22.1 Å². The smallest absolute Gasteiger partial charge is 0.0722 e. The molecule has 2 aromatic heterocycles. The van der Waals surface area contributed by atoms with E-state index in [0.29, 0.717) is 5.69 Å². The van der Waals surface area contributed by atoms with E-state index in [-0.39, 0.29) is 0 Å². The summed E-state index contributed by atoms with van der Waals surface area (Å²) in [5, 5.41) is 1.12. The van der Waals surface area contributed by atoms with Crippen LogP contribution in [0.1, 0.15) is 5.69 Å². The molecule has 88 valence electrons. The number of nitrogen functional groups attached to an aromatic ring is 1. The summed E-state index contributed by atoms with van der Waals surface area (Å²) in [7, 11) is 0. The zero-order valence-electron chi connectivity index (χ0n) is 10.1. The van der Waals surface area contributed by atoms with Gasteiger partial charge in [-0.15, -0.1) is 0 Å². The molecular weight excluding hydrogens is 222 g/mol. The van der Waals surface area contributed by atoms with Crippen molar-refractivity contribution < 1.29 is 0 Å². The van der Waals surface area contributed by atoms with Gasteiger partial charge in [-0.25, -0.2) is 0 Å². The maximum Gasteiger partial charge on any atom is 0.0722 e. The van der Waals surface area contributed by atoms with E-state index >= 15 is 0 Å². The maximum absolute atomic E-state index is 5.78. The number of hydrogen-bond donors (Lipinski definition) is 1. The number of nitrogens with two attached hydrogens (primary N) is 1. The third-order valence-corrected chi connectivity index (χ3v) is 3.01. The first-order chi connectivity index (χ1) is 8.74. The van der Waals surface area contributed by atoms with Gasteiger partial charge in [0.05, 0.1) is 22.6 Å².